The van der Waals surface area contributed by atoms with E-state index in [1.54, 1.807) is 19.2 Å². The Hall–Kier alpha value is 1.46. The van der Waals surface area contributed by atoms with Gasteiger partial charge in [0, 0.05) is 34.7 Å². The van der Waals surface area contributed by atoms with E-state index in [1.807, 2.05) is 90.4 Å². The Labute approximate surface area is 368 Å². The summed E-state index contributed by atoms with van der Waals surface area (Å²) < 4.78 is 4.08. The van der Waals surface area contributed by atoms with Gasteiger partial charge in [-0.2, -0.15) is 0 Å². The number of nitrogens with one attached hydrogen (secondary N) is 3. The van der Waals surface area contributed by atoms with E-state index >= 15 is 0 Å². The number of anilines is 2. The number of aliphatic hydroxyl groups excluding tert-OH is 5. The van der Waals surface area contributed by atoms with Gasteiger partial charge in [0.1, 0.15) is 18.3 Å². The minimum atomic E-state index is -1.55. The average Bonchev–Trinajstić information content (AvgIpc) is 2.92. The van der Waals surface area contributed by atoms with Gasteiger partial charge in [0.2, 0.25) is 11.8 Å². The van der Waals surface area contributed by atoms with Crippen LogP contribution in [0.3, 0.4) is 0 Å². The fourth-order valence-corrected chi connectivity index (χ4v) is 11.3. The first kappa shape index (κ1) is 49.6. The Kier molecular flexibility index (Phi) is 26.5. The molecule has 21 heteroatoms. The molecule has 0 aliphatic carbocycles. The number of carboxylic acid groups (broad SMARTS) is 2. The van der Waals surface area contributed by atoms with Gasteiger partial charge in [0.25, 0.3) is 0 Å². The third-order valence-electron chi connectivity index (χ3n) is 5.11. The average molecular weight is 1330 g/mol. The molecule has 14 nitrogen and oxygen atoms in total. The first-order valence-electron chi connectivity index (χ1n) is 12.1. The van der Waals surface area contributed by atoms with Gasteiger partial charge in [-0.15, -0.1) is 0 Å². The Balaban J connectivity index is 0. The van der Waals surface area contributed by atoms with E-state index in [4.69, 9.17) is 30.6 Å². The van der Waals surface area contributed by atoms with Crippen LogP contribution in [-0.4, -0.2) is 104 Å². The molecule has 0 aliphatic heterocycles. The quantitative estimate of drug-likeness (QED) is 0.111. The van der Waals surface area contributed by atoms with Crippen LogP contribution in [0.15, 0.2) is 12.1 Å². The van der Waals surface area contributed by atoms with Crippen molar-refractivity contribution < 1.29 is 84.5 Å². The SMILES string of the molecule is CC(=O)Nc1c(I)cc(I)c(C(=O)O)c1I.CC(=O)Nc1c(I)cc(I)c(C(=O)O)c1I.CNCC(O)C(O)C(O)C(O)CO.[Na+]. The number of rotatable bonds is 10. The molecule has 0 spiro atoms. The molecule has 0 heterocycles. The Bertz CT molecular complexity index is 1300. The zero-order chi connectivity index (χ0) is 35.3. The molecule has 2 aromatic carbocycles. The first-order valence-corrected chi connectivity index (χ1v) is 18.5. The van der Waals surface area contributed by atoms with E-state index in [2.05, 4.69) is 61.1 Å². The summed E-state index contributed by atoms with van der Waals surface area (Å²) in [4.78, 5) is 44.2. The van der Waals surface area contributed by atoms with Crippen LogP contribution < -0.4 is 45.5 Å². The maximum Gasteiger partial charge on any atom is 1.00 e. The maximum absolute atomic E-state index is 11.1. The molecule has 4 unspecified atom stereocenters. The van der Waals surface area contributed by atoms with Crippen molar-refractivity contribution in [2.75, 3.05) is 30.8 Å². The Morgan fingerprint density at radius 3 is 1.26 bits per heavy atom. The van der Waals surface area contributed by atoms with E-state index in [0.29, 0.717) is 25.7 Å². The van der Waals surface area contributed by atoms with Crippen LogP contribution in [0.1, 0.15) is 34.6 Å². The molecule has 0 aromatic heterocycles. The summed E-state index contributed by atoms with van der Waals surface area (Å²) in [6, 6.07) is 3.47. The summed E-state index contributed by atoms with van der Waals surface area (Å²) in [5.41, 5.74) is 1.58. The van der Waals surface area contributed by atoms with Crippen LogP contribution in [-0.2, 0) is 9.59 Å². The van der Waals surface area contributed by atoms with Gasteiger partial charge >= 0.3 is 41.5 Å². The molecule has 0 fully saturated rings. The number of aromatic carboxylic acids is 2. The molecule has 0 aliphatic rings. The summed E-state index contributed by atoms with van der Waals surface area (Å²) in [5.74, 6) is -2.41. The monoisotopic (exact) mass is 1330 g/mol. The van der Waals surface area contributed by atoms with E-state index in [9.17, 15) is 24.3 Å². The zero-order valence-electron chi connectivity index (χ0n) is 24.4. The van der Waals surface area contributed by atoms with Crippen molar-refractivity contribution in [2.24, 2.45) is 0 Å². The molecule has 4 atom stereocenters. The number of hydrogen-bond donors (Lipinski definition) is 10. The van der Waals surface area contributed by atoms with Gasteiger partial charge in [-0.25, -0.2) is 9.59 Å². The normalized spacial score (nSPS) is 12.8. The van der Waals surface area contributed by atoms with E-state index < -0.39 is 43.0 Å². The minimum absolute atomic E-state index is 0. The largest absolute Gasteiger partial charge is 1.00 e. The summed E-state index contributed by atoms with van der Waals surface area (Å²) in [6.07, 6.45) is -5.65. The molecular formula is C25H29I6N3NaO11+. The summed E-state index contributed by atoms with van der Waals surface area (Å²) in [6.45, 7) is 2.22. The molecule has 10 N–H and O–H groups in total. The topological polar surface area (TPSA) is 246 Å². The predicted molar refractivity (Wildman–Crippen MR) is 217 cm³/mol. The summed E-state index contributed by atoms with van der Waals surface area (Å²) in [7, 11) is 1.57. The first-order chi connectivity index (χ1) is 20.7. The molecule has 0 bridgehead atoms. The third kappa shape index (κ3) is 16.2. The van der Waals surface area contributed by atoms with Crippen LogP contribution in [0, 0.1) is 21.4 Å². The van der Waals surface area contributed by atoms with E-state index in [1.165, 1.54) is 13.8 Å². The number of aliphatic hydroxyl groups is 5. The van der Waals surface area contributed by atoms with Gasteiger partial charge < -0.3 is 51.7 Å². The Morgan fingerprint density at radius 2 is 1.00 bits per heavy atom. The second-order valence-electron chi connectivity index (χ2n) is 8.64. The van der Waals surface area contributed by atoms with Crippen LogP contribution >= 0.6 is 136 Å². The van der Waals surface area contributed by atoms with Gasteiger partial charge in [-0.3, -0.25) is 9.59 Å². The van der Waals surface area contributed by atoms with Crippen molar-refractivity contribution in [3.8, 4) is 0 Å². The van der Waals surface area contributed by atoms with Crippen LogP contribution in [0.5, 0.6) is 0 Å². The van der Waals surface area contributed by atoms with Crippen molar-refractivity contribution in [2.45, 2.75) is 38.3 Å². The summed E-state index contributed by atoms with van der Waals surface area (Å²) in [5, 5.41) is 70.9. The number of carbonyl (C=O) groups is 4. The van der Waals surface area contributed by atoms with Crippen LogP contribution in [0.25, 0.3) is 0 Å². The van der Waals surface area contributed by atoms with E-state index in [0.717, 1.165) is 7.14 Å². The fourth-order valence-electron chi connectivity index (χ4n) is 3.05. The second-order valence-corrected chi connectivity index (χ2v) is 15.4. The molecule has 0 saturated carbocycles. The van der Waals surface area contributed by atoms with Crippen molar-refractivity contribution in [1.29, 1.82) is 0 Å². The van der Waals surface area contributed by atoms with Crippen molar-refractivity contribution >= 4 is 171 Å². The molecule has 46 heavy (non-hydrogen) atoms. The maximum atomic E-state index is 11.1. The summed E-state index contributed by atoms with van der Waals surface area (Å²) >= 11 is 12.0. The molecular weight excluding hydrogens is 1300 g/mol. The molecule has 2 aromatic rings. The smallest absolute Gasteiger partial charge is 0.478 e. The van der Waals surface area contributed by atoms with Crippen molar-refractivity contribution in [3.05, 3.63) is 44.7 Å². The number of hydrogen-bond acceptors (Lipinski definition) is 10. The molecule has 2 rings (SSSR count). The molecule has 0 radical (unpaired) electrons. The molecule has 0 saturated heterocycles. The number of carbonyl (C=O) groups excluding carboxylic acids is 2. The number of carboxylic acids is 2. The van der Waals surface area contributed by atoms with Crippen molar-refractivity contribution in [1.82, 2.24) is 5.32 Å². The van der Waals surface area contributed by atoms with Crippen molar-refractivity contribution in [3.63, 3.8) is 0 Å². The van der Waals surface area contributed by atoms with E-state index in [-0.39, 0.29) is 59.0 Å². The number of benzene rings is 2. The second kappa shape index (κ2) is 24.6. The van der Waals surface area contributed by atoms with Crippen LogP contribution in [0.2, 0.25) is 0 Å². The number of likely N-dealkylation sites (N-methyl/N-ethyl adjacent to an activating group) is 1. The Morgan fingerprint density at radius 1 is 0.674 bits per heavy atom. The van der Waals surface area contributed by atoms with Gasteiger partial charge in [-0.05, 0) is 155 Å². The third-order valence-corrected chi connectivity index (χ3v) is 10.7. The number of halogens is 6. The molecule has 252 valence electrons. The minimum Gasteiger partial charge on any atom is -0.478 e. The van der Waals surface area contributed by atoms with Gasteiger partial charge in [0.05, 0.1) is 42.4 Å². The van der Waals surface area contributed by atoms with Crippen LogP contribution in [0.4, 0.5) is 11.4 Å². The standard InChI is InChI=1S/2C9H6I3NO3.C7H17NO5.Na/c2*1-3(14)13-8-5(11)2-4(10)6(7(8)12)9(15)16;1-8-2-4(10)6(12)7(13)5(11)3-9;/h2*2H,1H3,(H,13,14)(H,15,16);4-13H,2-3H2,1H3;/q;;;+1. The zero-order valence-corrected chi connectivity index (χ0v) is 39.4. The van der Waals surface area contributed by atoms with Gasteiger partial charge in [-0.1, -0.05) is 0 Å². The number of amides is 2. The van der Waals surface area contributed by atoms with Gasteiger partial charge in [0.15, 0.2) is 0 Å². The predicted octanol–water partition coefficient (Wildman–Crippen LogP) is -0.0403. The fraction of sp³-hybridized carbons (Fsp3) is 0.360. The molecule has 2 amide bonds.